The molecule has 10 heteroatoms. The number of halogens is 2. The van der Waals surface area contributed by atoms with Crippen LogP contribution < -0.4 is 9.88 Å². The second kappa shape index (κ2) is 9.69. The number of sulfonamides is 1. The van der Waals surface area contributed by atoms with Crippen molar-refractivity contribution in [3.05, 3.63) is 112 Å². The van der Waals surface area contributed by atoms with Crippen LogP contribution >= 0.6 is 11.6 Å². The molecule has 0 amide bonds. The monoisotopic (exact) mass is 526 g/mol. The van der Waals surface area contributed by atoms with E-state index in [0.29, 0.717) is 22.0 Å². The SMILES string of the molecule is COc1ccc(F)cc1C(=O)c1cc(C(=O)c2ccc(Cl)cc2)n(-c2ccc(S(N)(=O)=O)cc2)c1C. The van der Waals surface area contributed by atoms with E-state index in [1.807, 2.05) is 0 Å². The molecule has 3 aromatic carbocycles. The summed E-state index contributed by atoms with van der Waals surface area (Å²) in [6.07, 6.45) is 0. The number of aromatic nitrogens is 1. The van der Waals surface area contributed by atoms with Gasteiger partial charge in [0.15, 0.2) is 5.78 Å². The van der Waals surface area contributed by atoms with Crippen molar-refractivity contribution < 1.29 is 27.1 Å². The molecule has 0 spiro atoms. The van der Waals surface area contributed by atoms with Gasteiger partial charge in [-0.2, -0.15) is 0 Å². The first kappa shape index (κ1) is 25.3. The molecule has 0 radical (unpaired) electrons. The molecule has 2 N–H and O–H groups in total. The molecule has 0 aliphatic heterocycles. The van der Waals surface area contributed by atoms with E-state index in [1.54, 1.807) is 31.2 Å². The first-order valence-corrected chi connectivity index (χ1v) is 12.5. The van der Waals surface area contributed by atoms with E-state index < -0.39 is 27.4 Å². The fourth-order valence-electron chi connectivity index (χ4n) is 3.87. The van der Waals surface area contributed by atoms with Gasteiger partial charge in [-0.25, -0.2) is 17.9 Å². The van der Waals surface area contributed by atoms with Gasteiger partial charge in [0.05, 0.1) is 23.3 Å². The van der Waals surface area contributed by atoms with E-state index in [2.05, 4.69) is 0 Å². The molecule has 4 rings (SSSR count). The standard InChI is InChI=1S/C26H20ClFN2O5S/c1-15-21(26(32)22-13-18(28)7-12-24(22)35-2)14-23(25(31)16-3-5-17(27)6-4-16)30(15)19-8-10-20(11-9-19)36(29,33)34/h3-14H,1-2H3,(H2,29,33,34). The lowest BCUT2D eigenvalue weighted by Gasteiger charge is -2.13. The number of hydrogen-bond acceptors (Lipinski definition) is 5. The molecule has 0 aliphatic rings. The minimum absolute atomic E-state index is 0.00665. The van der Waals surface area contributed by atoms with Gasteiger partial charge >= 0.3 is 0 Å². The van der Waals surface area contributed by atoms with Gasteiger partial charge in [0.1, 0.15) is 11.6 Å². The molecule has 0 fully saturated rings. The number of nitrogens with two attached hydrogens (primary N) is 1. The van der Waals surface area contributed by atoms with Crippen LogP contribution in [0.1, 0.15) is 37.7 Å². The highest BCUT2D eigenvalue weighted by Gasteiger charge is 2.26. The lowest BCUT2D eigenvalue weighted by atomic mass is 10.0. The molecule has 0 bridgehead atoms. The molecule has 1 aromatic heterocycles. The van der Waals surface area contributed by atoms with Crippen LogP contribution in [-0.2, 0) is 10.0 Å². The molecule has 0 saturated heterocycles. The number of carbonyl (C=O) groups is 2. The van der Waals surface area contributed by atoms with Crippen molar-refractivity contribution in [2.24, 2.45) is 5.14 Å². The average molecular weight is 527 g/mol. The Kier molecular flexibility index (Phi) is 6.81. The Morgan fingerprint density at radius 3 is 2.14 bits per heavy atom. The van der Waals surface area contributed by atoms with E-state index in [4.69, 9.17) is 21.5 Å². The zero-order chi connectivity index (χ0) is 26.2. The number of hydrogen-bond donors (Lipinski definition) is 1. The van der Waals surface area contributed by atoms with Crippen molar-refractivity contribution in [2.45, 2.75) is 11.8 Å². The van der Waals surface area contributed by atoms with Crippen molar-refractivity contribution in [2.75, 3.05) is 7.11 Å². The number of carbonyl (C=O) groups excluding carboxylic acids is 2. The molecule has 36 heavy (non-hydrogen) atoms. The van der Waals surface area contributed by atoms with Crippen LogP contribution in [0.15, 0.2) is 77.7 Å². The Bertz CT molecular complexity index is 1590. The Labute approximate surface area is 211 Å². The minimum atomic E-state index is -3.93. The Morgan fingerprint density at radius 1 is 0.917 bits per heavy atom. The lowest BCUT2D eigenvalue weighted by molar-refractivity contribution is 0.102. The first-order chi connectivity index (χ1) is 17.0. The van der Waals surface area contributed by atoms with Crippen molar-refractivity contribution in [1.29, 1.82) is 0 Å². The summed E-state index contributed by atoms with van der Waals surface area (Å²) in [6.45, 7) is 1.63. The Morgan fingerprint density at radius 2 is 1.56 bits per heavy atom. The molecular formula is C26H20ClFN2O5S. The van der Waals surface area contributed by atoms with Gasteiger partial charge in [-0.1, -0.05) is 11.6 Å². The van der Waals surface area contributed by atoms with Crippen molar-refractivity contribution in [1.82, 2.24) is 4.57 Å². The van der Waals surface area contributed by atoms with E-state index in [0.717, 1.165) is 6.07 Å². The van der Waals surface area contributed by atoms with Crippen LogP contribution in [0, 0.1) is 12.7 Å². The highest BCUT2D eigenvalue weighted by atomic mass is 35.5. The summed E-state index contributed by atoms with van der Waals surface area (Å²) in [4.78, 5) is 26.9. The number of primary sulfonamides is 1. The largest absolute Gasteiger partial charge is 0.496 e. The third kappa shape index (κ3) is 4.81. The van der Waals surface area contributed by atoms with Crippen LogP contribution in [-0.4, -0.2) is 31.7 Å². The molecule has 0 unspecified atom stereocenters. The van der Waals surface area contributed by atoms with Crippen molar-refractivity contribution in [3.63, 3.8) is 0 Å². The van der Waals surface area contributed by atoms with Gasteiger partial charge < -0.3 is 9.30 Å². The van der Waals surface area contributed by atoms with E-state index >= 15 is 0 Å². The highest BCUT2D eigenvalue weighted by molar-refractivity contribution is 7.89. The maximum Gasteiger partial charge on any atom is 0.238 e. The maximum atomic E-state index is 14.0. The molecule has 4 aromatic rings. The zero-order valence-electron chi connectivity index (χ0n) is 19.2. The zero-order valence-corrected chi connectivity index (χ0v) is 20.7. The number of methoxy groups -OCH3 is 1. The number of benzene rings is 3. The van der Waals surface area contributed by atoms with Crippen molar-refractivity contribution in [3.8, 4) is 11.4 Å². The van der Waals surface area contributed by atoms with Crippen LogP contribution in [0.25, 0.3) is 5.69 Å². The third-order valence-electron chi connectivity index (χ3n) is 5.66. The number of ketones is 2. The third-order valence-corrected chi connectivity index (χ3v) is 6.84. The summed E-state index contributed by atoms with van der Waals surface area (Å²) < 4.78 is 44.1. The smallest absolute Gasteiger partial charge is 0.238 e. The van der Waals surface area contributed by atoms with Gasteiger partial charge in [-0.3, -0.25) is 9.59 Å². The van der Waals surface area contributed by atoms with E-state index in [1.165, 1.54) is 54.1 Å². The number of nitrogens with zero attached hydrogens (tertiary/aromatic N) is 1. The second-order valence-electron chi connectivity index (χ2n) is 7.91. The second-order valence-corrected chi connectivity index (χ2v) is 9.91. The van der Waals surface area contributed by atoms with Gasteiger partial charge in [-0.15, -0.1) is 0 Å². The average Bonchev–Trinajstić information content (AvgIpc) is 3.20. The molecule has 1 heterocycles. The highest BCUT2D eigenvalue weighted by Crippen LogP contribution is 2.29. The van der Waals surface area contributed by atoms with Crippen molar-refractivity contribution >= 4 is 33.2 Å². The molecule has 184 valence electrons. The van der Waals surface area contributed by atoms with Crippen LogP contribution in [0.4, 0.5) is 4.39 Å². The predicted molar refractivity (Wildman–Crippen MR) is 133 cm³/mol. The molecule has 0 aliphatic carbocycles. The summed E-state index contributed by atoms with van der Waals surface area (Å²) in [5, 5.41) is 5.65. The van der Waals surface area contributed by atoms with Crippen LogP contribution in [0.5, 0.6) is 5.75 Å². The molecular weight excluding hydrogens is 507 g/mol. The van der Waals surface area contributed by atoms with Gasteiger partial charge in [-0.05, 0) is 79.7 Å². The van der Waals surface area contributed by atoms with Crippen LogP contribution in [0.2, 0.25) is 5.02 Å². The van der Waals surface area contributed by atoms with E-state index in [9.17, 15) is 22.4 Å². The maximum absolute atomic E-state index is 14.0. The van der Waals surface area contributed by atoms with Gasteiger partial charge in [0, 0.05) is 27.5 Å². The molecule has 0 atom stereocenters. The van der Waals surface area contributed by atoms with Gasteiger partial charge in [0.25, 0.3) is 0 Å². The first-order valence-electron chi connectivity index (χ1n) is 10.6. The normalized spacial score (nSPS) is 11.4. The number of ether oxygens (including phenoxy) is 1. The lowest BCUT2D eigenvalue weighted by Crippen LogP contribution is -2.13. The summed E-state index contributed by atoms with van der Waals surface area (Å²) in [6, 6.07) is 16.8. The summed E-state index contributed by atoms with van der Waals surface area (Å²) in [5.74, 6) is -1.40. The van der Waals surface area contributed by atoms with E-state index in [-0.39, 0.29) is 27.5 Å². The Hall–Kier alpha value is -3.79. The predicted octanol–water partition coefficient (Wildman–Crippen LogP) is 4.70. The summed E-state index contributed by atoms with van der Waals surface area (Å²) in [5.41, 5.74) is 1.40. The summed E-state index contributed by atoms with van der Waals surface area (Å²) >= 11 is 5.96. The molecule has 7 nitrogen and oxygen atoms in total. The van der Waals surface area contributed by atoms with Crippen LogP contribution in [0.3, 0.4) is 0 Å². The number of rotatable bonds is 7. The van der Waals surface area contributed by atoms with Gasteiger partial charge in [0.2, 0.25) is 15.8 Å². The topological polar surface area (TPSA) is 108 Å². The quantitative estimate of drug-likeness (QED) is 0.351. The fraction of sp³-hybridized carbons (Fsp3) is 0.0769. The Balaban J connectivity index is 1.92. The fourth-order valence-corrected chi connectivity index (χ4v) is 4.51. The minimum Gasteiger partial charge on any atom is -0.496 e. The summed E-state index contributed by atoms with van der Waals surface area (Å²) in [7, 11) is -2.57. The molecule has 0 saturated carbocycles.